The topological polar surface area (TPSA) is 56.1 Å². The Labute approximate surface area is 150 Å². The Hall–Kier alpha value is -2.54. The van der Waals surface area contributed by atoms with Crippen molar-refractivity contribution in [3.8, 4) is 6.07 Å². The second-order valence-corrected chi connectivity index (χ2v) is 7.42. The van der Waals surface area contributed by atoms with Gasteiger partial charge in [-0.3, -0.25) is 4.79 Å². The maximum absolute atomic E-state index is 11.8. The number of fused-ring (bicyclic) bond motifs is 1. The van der Waals surface area contributed by atoms with Crippen LogP contribution in [0.3, 0.4) is 0 Å². The van der Waals surface area contributed by atoms with Gasteiger partial charge in [-0.1, -0.05) is 6.08 Å². The van der Waals surface area contributed by atoms with E-state index in [1.54, 1.807) is 6.08 Å². The summed E-state index contributed by atoms with van der Waals surface area (Å²) in [6, 6.07) is 6.59. The molecular formula is C21H27N3O. The van der Waals surface area contributed by atoms with Crippen molar-refractivity contribution in [2.45, 2.75) is 53.1 Å². The molecule has 0 fully saturated rings. The van der Waals surface area contributed by atoms with Crippen LogP contribution in [0.5, 0.6) is 0 Å². The van der Waals surface area contributed by atoms with Crippen molar-refractivity contribution in [2.75, 3.05) is 11.9 Å². The number of anilines is 1. The Morgan fingerprint density at radius 2 is 1.96 bits per heavy atom. The molecule has 1 aromatic carbocycles. The Morgan fingerprint density at radius 3 is 2.48 bits per heavy atom. The van der Waals surface area contributed by atoms with Gasteiger partial charge < -0.3 is 10.2 Å². The van der Waals surface area contributed by atoms with Crippen molar-refractivity contribution >= 4 is 23.2 Å². The van der Waals surface area contributed by atoms with Crippen molar-refractivity contribution in [2.24, 2.45) is 0 Å². The van der Waals surface area contributed by atoms with E-state index < -0.39 is 0 Å². The number of aryl methyl sites for hydroxylation is 1. The molecule has 0 saturated carbocycles. The van der Waals surface area contributed by atoms with Crippen LogP contribution in [0, 0.1) is 18.3 Å². The molecule has 1 heterocycles. The predicted octanol–water partition coefficient (Wildman–Crippen LogP) is 4.06. The number of carbonyl (C=O) groups excluding carboxylic acids is 1. The second-order valence-electron chi connectivity index (χ2n) is 7.42. The van der Waals surface area contributed by atoms with Gasteiger partial charge >= 0.3 is 0 Å². The van der Waals surface area contributed by atoms with Crippen LogP contribution in [0.25, 0.3) is 11.6 Å². The molecule has 1 aliphatic rings. The van der Waals surface area contributed by atoms with E-state index in [1.165, 1.54) is 18.3 Å². The summed E-state index contributed by atoms with van der Waals surface area (Å²) in [5.74, 6) is -0.364. The first-order valence-corrected chi connectivity index (χ1v) is 8.60. The van der Waals surface area contributed by atoms with Crippen LogP contribution in [0.2, 0.25) is 0 Å². The Bertz CT molecular complexity index is 807. The molecule has 0 saturated heterocycles. The average molecular weight is 337 g/mol. The molecule has 0 spiro atoms. The molecule has 0 bridgehead atoms. The summed E-state index contributed by atoms with van der Waals surface area (Å²) in [7, 11) is 1.53. The first-order chi connectivity index (χ1) is 11.6. The molecule has 1 aliphatic heterocycles. The van der Waals surface area contributed by atoms with Crippen molar-refractivity contribution in [3.63, 3.8) is 0 Å². The van der Waals surface area contributed by atoms with Gasteiger partial charge in [0.15, 0.2) is 0 Å². The summed E-state index contributed by atoms with van der Waals surface area (Å²) in [4.78, 5) is 14.2. The molecule has 4 nitrogen and oxygen atoms in total. The maximum Gasteiger partial charge on any atom is 0.261 e. The molecule has 1 amide bonds. The van der Waals surface area contributed by atoms with Gasteiger partial charge in [0.2, 0.25) is 0 Å². The Balaban J connectivity index is 2.67. The second kappa shape index (κ2) is 6.76. The third-order valence-electron chi connectivity index (χ3n) is 4.67. The lowest BCUT2D eigenvalue weighted by molar-refractivity contribution is -0.116. The number of nitrogens with zero attached hydrogens (tertiary/aromatic N) is 2. The van der Waals surface area contributed by atoms with E-state index in [0.29, 0.717) is 6.04 Å². The van der Waals surface area contributed by atoms with Crippen molar-refractivity contribution < 1.29 is 4.79 Å². The molecule has 25 heavy (non-hydrogen) atoms. The predicted molar refractivity (Wildman–Crippen MR) is 104 cm³/mol. The van der Waals surface area contributed by atoms with Gasteiger partial charge in [0, 0.05) is 24.3 Å². The highest BCUT2D eigenvalue weighted by molar-refractivity contribution is 6.02. The van der Waals surface area contributed by atoms with E-state index >= 15 is 0 Å². The number of nitriles is 1. The number of carbonyl (C=O) groups is 1. The summed E-state index contributed by atoms with van der Waals surface area (Å²) in [5.41, 5.74) is 5.57. The molecule has 0 radical (unpaired) electrons. The number of benzene rings is 1. The quantitative estimate of drug-likeness (QED) is 0.668. The largest absolute Gasteiger partial charge is 0.360 e. The van der Waals surface area contributed by atoms with E-state index in [9.17, 15) is 10.1 Å². The number of allylic oxidation sites excluding steroid dienone is 1. The fourth-order valence-electron chi connectivity index (χ4n) is 3.75. The lowest BCUT2D eigenvalue weighted by Crippen LogP contribution is -2.49. The van der Waals surface area contributed by atoms with E-state index in [0.717, 1.165) is 16.7 Å². The number of likely N-dealkylation sites (N-methyl/N-ethyl adjacent to an activating group) is 1. The SMILES string of the molecule is CNC(=O)/C(C#N)=C\c1cc2c(cc1C)N(C(C)C)C(C)(C)C=C2C. The summed E-state index contributed by atoms with van der Waals surface area (Å²) in [5, 5.41) is 11.8. The van der Waals surface area contributed by atoms with Gasteiger partial charge in [0.25, 0.3) is 5.91 Å². The van der Waals surface area contributed by atoms with Gasteiger partial charge in [-0.05, 0) is 76.5 Å². The highest BCUT2D eigenvalue weighted by Gasteiger charge is 2.33. The lowest BCUT2D eigenvalue weighted by atomic mass is 9.85. The Kier molecular flexibility index (Phi) is 5.08. The number of nitrogens with one attached hydrogen (secondary N) is 1. The molecule has 1 aromatic rings. The first-order valence-electron chi connectivity index (χ1n) is 8.60. The van der Waals surface area contributed by atoms with Crippen LogP contribution < -0.4 is 10.2 Å². The van der Waals surface area contributed by atoms with E-state index in [4.69, 9.17) is 0 Å². The van der Waals surface area contributed by atoms with E-state index in [2.05, 4.69) is 63.0 Å². The zero-order valence-electron chi connectivity index (χ0n) is 16.2. The average Bonchev–Trinajstić information content (AvgIpc) is 2.51. The maximum atomic E-state index is 11.8. The summed E-state index contributed by atoms with van der Waals surface area (Å²) >= 11 is 0. The summed E-state index contributed by atoms with van der Waals surface area (Å²) in [6.07, 6.45) is 3.95. The molecule has 132 valence electrons. The van der Waals surface area contributed by atoms with Crippen LogP contribution in [0.15, 0.2) is 23.8 Å². The zero-order chi connectivity index (χ0) is 18.9. The molecular weight excluding hydrogens is 310 g/mol. The minimum atomic E-state index is -0.364. The molecule has 0 unspecified atom stereocenters. The minimum Gasteiger partial charge on any atom is -0.360 e. The molecule has 2 rings (SSSR count). The third-order valence-corrected chi connectivity index (χ3v) is 4.67. The number of amides is 1. The molecule has 0 aromatic heterocycles. The summed E-state index contributed by atoms with van der Waals surface area (Å²) in [6.45, 7) is 13.0. The minimum absolute atomic E-state index is 0.0606. The van der Waals surface area contributed by atoms with Crippen molar-refractivity contribution in [3.05, 3.63) is 40.5 Å². The van der Waals surface area contributed by atoms with Crippen LogP contribution in [-0.2, 0) is 4.79 Å². The van der Waals surface area contributed by atoms with Crippen LogP contribution >= 0.6 is 0 Å². The van der Waals surface area contributed by atoms with Gasteiger partial charge in [0.1, 0.15) is 11.6 Å². The number of hydrogen-bond acceptors (Lipinski definition) is 3. The fourth-order valence-corrected chi connectivity index (χ4v) is 3.75. The first kappa shape index (κ1) is 18.8. The number of rotatable bonds is 3. The number of hydrogen-bond donors (Lipinski definition) is 1. The standard InChI is InChI=1S/C21H27N3O/c1-13(2)24-19-8-14(3)16(9-17(12-22)20(25)23-7)10-18(19)15(4)11-21(24,5)6/h8-11,13H,1-7H3,(H,23,25)/b17-9-. The van der Waals surface area contributed by atoms with E-state index in [1.807, 2.05) is 13.0 Å². The highest BCUT2D eigenvalue weighted by Crippen LogP contribution is 2.41. The lowest BCUT2D eigenvalue weighted by Gasteiger charge is -2.46. The zero-order valence-corrected chi connectivity index (χ0v) is 16.2. The van der Waals surface area contributed by atoms with Crippen molar-refractivity contribution in [1.82, 2.24) is 5.32 Å². The molecule has 0 atom stereocenters. The van der Waals surface area contributed by atoms with E-state index in [-0.39, 0.29) is 17.0 Å². The molecule has 1 N–H and O–H groups in total. The van der Waals surface area contributed by atoms with Gasteiger partial charge in [-0.25, -0.2) is 0 Å². The van der Waals surface area contributed by atoms with Gasteiger partial charge in [-0.2, -0.15) is 5.26 Å². The smallest absolute Gasteiger partial charge is 0.261 e. The van der Waals surface area contributed by atoms with Crippen LogP contribution in [0.1, 0.15) is 51.3 Å². The Morgan fingerprint density at radius 1 is 1.32 bits per heavy atom. The highest BCUT2D eigenvalue weighted by atomic mass is 16.1. The molecule has 4 heteroatoms. The monoisotopic (exact) mass is 337 g/mol. The van der Waals surface area contributed by atoms with Gasteiger partial charge in [0.05, 0.1) is 5.54 Å². The molecule has 0 aliphatic carbocycles. The normalized spacial score (nSPS) is 16.2. The van der Waals surface area contributed by atoms with Gasteiger partial charge in [-0.15, -0.1) is 0 Å². The third kappa shape index (κ3) is 3.46. The fraction of sp³-hybridized carbons (Fsp3) is 0.429. The van der Waals surface area contributed by atoms with Crippen LogP contribution in [-0.4, -0.2) is 24.5 Å². The summed E-state index contributed by atoms with van der Waals surface area (Å²) < 4.78 is 0. The van der Waals surface area contributed by atoms with Crippen molar-refractivity contribution in [1.29, 1.82) is 5.26 Å². The van der Waals surface area contributed by atoms with Crippen LogP contribution in [0.4, 0.5) is 5.69 Å².